The minimum absolute atomic E-state index is 0.448. The van der Waals surface area contributed by atoms with Crippen molar-refractivity contribution >= 4 is 0 Å². The maximum Gasteiger partial charge on any atom is 0.134 e. The third-order valence-corrected chi connectivity index (χ3v) is 3.57. The summed E-state index contributed by atoms with van der Waals surface area (Å²) in [5.74, 6) is 0.865. The van der Waals surface area contributed by atoms with Crippen molar-refractivity contribution in [3.05, 3.63) is 47.3 Å². The van der Waals surface area contributed by atoms with E-state index >= 15 is 0 Å². The SMILES string of the molecule is Cc1conc1COc1ccc(C2CCCN2)cc1. The summed E-state index contributed by atoms with van der Waals surface area (Å²) in [5, 5.41) is 7.39. The first kappa shape index (κ1) is 12.2. The molecule has 1 aromatic carbocycles. The van der Waals surface area contributed by atoms with Crippen LogP contribution in [0, 0.1) is 6.92 Å². The maximum absolute atomic E-state index is 5.71. The van der Waals surface area contributed by atoms with E-state index in [0.717, 1.165) is 23.6 Å². The summed E-state index contributed by atoms with van der Waals surface area (Å²) in [5.41, 5.74) is 3.20. The molecule has 1 aliphatic rings. The molecule has 0 spiro atoms. The van der Waals surface area contributed by atoms with Crippen LogP contribution in [-0.4, -0.2) is 11.7 Å². The van der Waals surface area contributed by atoms with Crippen molar-refractivity contribution in [2.75, 3.05) is 6.54 Å². The highest BCUT2D eigenvalue weighted by Crippen LogP contribution is 2.25. The molecule has 19 heavy (non-hydrogen) atoms. The van der Waals surface area contributed by atoms with Gasteiger partial charge in [0.2, 0.25) is 0 Å². The molecule has 2 heterocycles. The van der Waals surface area contributed by atoms with Crippen molar-refractivity contribution in [2.45, 2.75) is 32.4 Å². The normalized spacial score (nSPS) is 18.7. The fourth-order valence-electron chi connectivity index (χ4n) is 2.37. The van der Waals surface area contributed by atoms with Gasteiger partial charge in [-0.05, 0) is 44.0 Å². The average Bonchev–Trinajstić information content (AvgIpc) is 3.09. The molecule has 1 unspecified atom stereocenters. The van der Waals surface area contributed by atoms with Crippen molar-refractivity contribution in [1.82, 2.24) is 10.5 Å². The van der Waals surface area contributed by atoms with Crippen LogP contribution in [-0.2, 0) is 6.61 Å². The topological polar surface area (TPSA) is 47.3 Å². The standard InChI is InChI=1S/C15H18N2O2/c1-11-9-19-17-15(11)10-18-13-6-4-12(5-7-13)14-3-2-8-16-14/h4-7,9,14,16H,2-3,8,10H2,1H3. The molecule has 0 radical (unpaired) electrons. The van der Waals surface area contributed by atoms with E-state index < -0.39 is 0 Å². The summed E-state index contributed by atoms with van der Waals surface area (Å²) >= 11 is 0. The zero-order valence-electron chi connectivity index (χ0n) is 11.1. The Balaban J connectivity index is 1.61. The van der Waals surface area contributed by atoms with Gasteiger partial charge < -0.3 is 14.6 Å². The Morgan fingerprint density at radius 2 is 2.21 bits per heavy atom. The van der Waals surface area contributed by atoms with Gasteiger partial charge in [-0.3, -0.25) is 0 Å². The molecular weight excluding hydrogens is 240 g/mol. The number of aromatic nitrogens is 1. The predicted octanol–water partition coefficient (Wildman–Crippen LogP) is 2.99. The van der Waals surface area contributed by atoms with Gasteiger partial charge in [0.05, 0.1) is 0 Å². The van der Waals surface area contributed by atoms with Crippen molar-refractivity contribution < 1.29 is 9.26 Å². The average molecular weight is 258 g/mol. The molecule has 0 bridgehead atoms. The molecule has 1 atom stereocenters. The zero-order chi connectivity index (χ0) is 13.1. The van der Waals surface area contributed by atoms with Gasteiger partial charge in [-0.1, -0.05) is 17.3 Å². The highest BCUT2D eigenvalue weighted by atomic mass is 16.5. The molecule has 100 valence electrons. The second-order valence-corrected chi connectivity index (χ2v) is 4.95. The number of ether oxygens (including phenoxy) is 1. The Kier molecular flexibility index (Phi) is 3.51. The number of nitrogens with one attached hydrogen (secondary N) is 1. The van der Waals surface area contributed by atoms with Crippen LogP contribution in [0.5, 0.6) is 5.75 Å². The molecule has 1 N–H and O–H groups in total. The number of hydrogen-bond acceptors (Lipinski definition) is 4. The smallest absolute Gasteiger partial charge is 0.134 e. The lowest BCUT2D eigenvalue weighted by molar-refractivity contribution is 0.288. The summed E-state index contributed by atoms with van der Waals surface area (Å²) in [6.45, 7) is 3.53. The van der Waals surface area contributed by atoms with Gasteiger partial charge in [0.1, 0.15) is 24.3 Å². The van der Waals surface area contributed by atoms with Gasteiger partial charge in [0, 0.05) is 11.6 Å². The van der Waals surface area contributed by atoms with Crippen molar-refractivity contribution in [2.24, 2.45) is 0 Å². The molecule has 1 saturated heterocycles. The lowest BCUT2D eigenvalue weighted by atomic mass is 10.1. The lowest BCUT2D eigenvalue weighted by Crippen LogP contribution is -2.12. The van der Waals surface area contributed by atoms with E-state index in [1.54, 1.807) is 6.26 Å². The Labute approximate surface area is 112 Å². The summed E-state index contributed by atoms with van der Waals surface area (Å²) in [6.07, 6.45) is 4.11. The zero-order valence-corrected chi connectivity index (χ0v) is 11.1. The molecule has 1 aromatic heterocycles. The second-order valence-electron chi connectivity index (χ2n) is 4.95. The molecule has 2 aromatic rings. The van der Waals surface area contributed by atoms with Crippen molar-refractivity contribution in [3.63, 3.8) is 0 Å². The van der Waals surface area contributed by atoms with Gasteiger partial charge in [0.25, 0.3) is 0 Å². The Morgan fingerprint density at radius 1 is 1.37 bits per heavy atom. The van der Waals surface area contributed by atoms with E-state index in [2.05, 4.69) is 22.6 Å². The molecule has 3 rings (SSSR count). The molecule has 4 heteroatoms. The number of nitrogens with zero attached hydrogens (tertiary/aromatic N) is 1. The number of rotatable bonds is 4. The fourth-order valence-corrected chi connectivity index (χ4v) is 2.37. The van der Waals surface area contributed by atoms with Gasteiger partial charge in [0.15, 0.2) is 0 Å². The molecule has 1 fully saturated rings. The molecule has 0 aliphatic carbocycles. The van der Waals surface area contributed by atoms with Crippen LogP contribution in [0.2, 0.25) is 0 Å². The first-order chi connectivity index (χ1) is 9.33. The van der Waals surface area contributed by atoms with Gasteiger partial charge >= 0.3 is 0 Å². The van der Waals surface area contributed by atoms with E-state index in [1.807, 2.05) is 19.1 Å². The van der Waals surface area contributed by atoms with Gasteiger partial charge in [-0.15, -0.1) is 0 Å². The molecule has 4 nitrogen and oxygen atoms in total. The van der Waals surface area contributed by atoms with E-state index in [4.69, 9.17) is 9.26 Å². The van der Waals surface area contributed by atoms with Crippen LogP contribution < -0.4 is 10.1 Å². The molecule has 0 amide bonds. The minimum Gasteiger partial charge on any atom is -0.487 e. The highest BCUT2D eigenvalue weighted by Gasteiger charge is 2.15. The summed E-state index contributed by atoms with van der Waals surface area (Å²) in [7, 11) is 0. The fraction of sp³-hybridized carbons (Fsp3) is 0.400. The van der Waals surface area contributed by atoms with Gasteiger partial charge in [-0.25, -0.2) is 0 Å². The second kappa shape index (κ2) is 5.45. The molecule has 0 saturated carbocycles. The minimum atomic E-state index is 0.448. The summed E-state index contributed by atoms with van der Waals surface area (Å²) in [4.78, 5) is 0. The largest absolute Gasteiger partial charge is 0.487 e. The van der Waals surface area contributed by atoms with Crippen LogP contribution >= 0.6 is 0 Å². The third-order valence-electron chi connectivity index (χ3n) is 3.57. The van der Waals surface area contributed by atoms with E-state index in [9.17, 15) is 0 Å². The number of benzene rings is 1. The maximum atomic E-state index is 5.71. The van der Waals surface area contributed by atoms with Crippen LogP contribution in [0.15, 0.2) is 35.1 Å². The summed E-state index contributed by atoms with van der Waals surface area (Å²) < 4.78 is 10.6. The molecule has 1 aliphatic heterocycles. The van der Waals surface area contributed by atoms with E-state index in [1.165, 1.54) is 18.4 Å². The third kappa shape index (κ3) is 2.79. The lowest BCUT2D eigenvalue weighted by Gasteiger charge is -2.11. The van der Waals surface area contributed by atoms with Crippen LogP contribution in [0.3, 0.4) is 0 Å². The van der Waals surface area contributed by atoms with E-state index in [-0.39, 0.29) is 0 Å². The summed E-state index contributed by atoms with van der Waals surface area (Å²) in [6, 6.07) is 8.81. The Hall–Kier alpha value is -1.81. The number of hydrogen-bond donors (Lipinski definition) is 1. The predicted molar refractivity (Wildman–Crippen MR) is 72.0 cm³/mol. The van der Waals surface area contributed by atoms with Crippen LogP contribution in [0.25, 0.3) is 0 Å². The van der Waals surface area contributed by atoms with Crippen LogP contribution in [0.1, 0.15) is 35.7 Å². The quantitative estimate of drug-likeness (QED) is 0.915. The van der Waals surface area contributed by atoms with Crippen molar-refractivity contribution in [1.29, 1.82) is 0 Å². The van der Waals surface area contributed by atoms with Crippen molar-refractivity contribution in [3.8, 4) is 5.75 Å². The van der Waals surface area contributed by atoms with Crippen LogP contribution in [0.4, 0.5) is 0 Å². The molecular formula is C15H18N2O2. The first-order valence-corrected chi connectivity index (χ1v) is 6.69. The first-order valence-electron chi connectivity index (χ1n) is 6.69. The Bertz CT molecular complexity index is 527. The van der Waals surface area contributed by atoms with E-state index in [0.29, 0.717) is 12.6 Å². The van der Waals surface area contributed by atoms with Gasteiger partial charge in [-0.2, -0.15) is 0 Å². The number of aryl methyl sites for hydroxylation is 1. The Morgan fingerprint density at radius 3 is 2.84 bits per heavy atom. The monoisotopic (exact) mass is 258 g/mol. The highest BCUT2D eigenvalue weighted by molar-refractivity contribution is 5.29.